The molecule has 4 amide bonds. The molecule has 29 heavy (non-hydrogen) atoms. The third-order valence-electron chi connectivity index (χ3n) is 3.92. The number of halogens is 2. The Kier molecular flexibility index (Phi) is 7.08. The van der Waals surface area contributed by atoms with Gasteiger partial charge >= 0.3 is 12.6 Å². The van der Waals surface area contributed by atoms with Crippen LogP contribution in [0.1, 0.15) is 32.8 Å². The number of hydrogen-bond donors (Lipinski definition) is 2. The number of ether oxygens (including phenoxy) is 2. The molecule has 1 aromatic rings. The number of benzene rings is 1. The summed E-state index contributed by atoms with van der Waals surface area (Å²) in [6.45, 7) is 1.89. The summed E-state index contributed by atoms with van der Waals surface area (Å²) in [5.41, 5.74) is 1.37. The minimum atomic E-state index is -3.06. The van der Waals surface area contributed by atoms with E-state index in [1.54, 1.807) is 26.8 Å². The number of urea groups is 1. The summed E-state index contributed by atoms with van der Waals surface area (Å²) in [6.07, 6.45) is 0.959. The van der Waals surface area contributed by atoms with Crippen molar-refractivity contribution in [3.63, 3.8) is 0 Å². The molecule has 1 saturated heterocycles. The molecule has 1 aliphatic rings. The highest BCUT2D eigenvalue weighted by atomic mass is 19.3. The van der Waals surface area contributed by atoms with Crippen LogP contribution in [0.3, 0.4) is 0 Å². The maximum absolute atomic E-state index is 12.7. The van der Waals surface area contributed by atoms with E-state index in [9.17, 15) is 23.2 Å². The van der Waals surface area contributed by atoms with Crippen molar-refractivity contribution in [1.29, 1.82) is 0 Å². The standard InChI is InChI=1S/C18H22F2N4O5/c1-4-28-12-7-5-6-11(14(12)29-16(19)20)10-21-23-13(25)8-9-24-15(26)18(2,3)22-17(24)27/h5-7,10,16H,4,8-9H2,1-3H3,(H,22,27)(H,23,25)/b21-10-. The van der Waals surface area contributed by atoms with Crippen LogP contribution in [0.15, 0.2) is 23.3 Å². The molecule has 0 aromatic heterocycles. The van der Waals surface area contributed by atoms with Gasteiger partial charge in [0.1, 0.15) is 5.54 Å². The monoisotopic (exact) mass is 412 g/mol. The molecule has 11 heteroatoms. The second-order valence-corrected chi connectivity index (χ2v) is 6.54. The van der Waals surface area contributed by atoms with Crippen LogP contribution in [0.5, 0.6) is 11.5 Å². The molecular weight excluding hydrogens is 390 g/mol. The quantitative estimate of drug-likeness (QED) is 0.366. The first-order valence-electron chi connectivity index (χ1n) is 8.82. The number of carbonyl (C=O) groups excluding carboxylic acids is 3. The van der Waals surface area contributed by atoms with Crippen molar-refractivity contribution in [2.75, 3.05) is 13.2 Å². The molecular formula is C18H22F2N4O5. The zero-order chi connectivity index (χ0) is 21.6. The number of rotatable bonds is 9. The summed E-state index contributed by atoms with van der Waals surface area (Å²) in [5.74, 6) is -1.09. The van der Waals surface area contributed by atoms with Crippen LogP contribution in [0.25, 0.3) is 0 Å². The van der Waals surface area contributed by atoms with E-state index in [1.165, 1.54) is 12.1 Å². The normalized spacial score (nSPS) is 15.7. The first-order chi connectivity index (χ1) is 13.7. The van der Waals surface area contributed by atoms with E-state index < -0.39 is 30.0 Å². The molecule has 0 unspecified atom stereocenters. The number of alkyl halides is 2. The first-order valence-corrected chi connectivity index (χ1v) is 8.82. The molecule has 1 heterocycles. The number of amides is 4. The third kappa shape index (κ3) is 5.62. The van der Waals surface area contributed by atoms with Gasteiger partial charge in [0.25, 0.3) is 5.91 Å². The lowest BCUT2D eigenvalue weighted by Crippen LogP contribution is -2.40. The highest BCUT2D eigenvalue weighted by Gasteiger charge is 2.43. The van der Waals surface area contributed by atoms with E-state index in [0.29, 0.717) is 0 Å². The maximum atomic E-state index is 12.7. The fraction of sp³-hybridized carbons (Fsp3) is 0.444. The molecule has 9 nitrogen and oxygen atoms in total. The molecule has 1 aromatic carbocycles. The zero-order valence-electron chi connectivity index (χ0n) is 16.2. The highest BCUT2D eigenvalue weighted by molar-refractivity contribution is 6.06. The van der Waals surface area contributed by atoms with E-state index in [2.05, 4.69) is 20.6 Å². The molecule has 2 rings (SSSR count). The van der Waals surface area contributed by atoms with Crippen LogP contribution in [0.4, 0.5) is 13.6 Å². The lowest BCUT2D eigenvalue weighted by molar-refractivity contribution is -0.130. The van der Waals surface area contributed by atoms with Gasteiger partial charge in [-0.2, -0.15) is 13.9 Å². The Morgan fingerprint density at radius 3 is 2.69 bits per heavy atom. The van der Waals surface area contributed by atoms with Crippen molar-refractivity contribution in [3.8, 4) is 11.5 Å². The van der Waals surface area contributed by atoms with Gasteiger partial charge in [0.05, 0.1) is 12.8 Å². The molecule has 0 spiro atoms. The largest absolute Gasteiger partial charge is 0.490 e. The van der Waals surface area contributed by atoms with E-state index >= 15 is 0 Å². The van der Waals surface area contributed by atoms with Gasteiger partial charge in [-0.25, -0.2) is 10.2 Å². The fourth-order valence-corrected chi connectivity index (χ4v) is 2.58. The number of nitrogens with zero attached hydrogens (tertiary/aromatic N) is 2. The number of nitrogens with one attached hydrogen (secondary N) is 2. The van der Waals surface area contributed by atoms with Gasteiger partial charge in [0, 0.05) is 18.5 Å². The van der Waals surface area contributed by atoms with Gasteiger partial charge < -0.3 is 14.8 Å². The Balaban J connectivity index is 1.97. The number of hydrazone groups is 1. The SMILES string of the molecule is CCOc1cccc(/C=N\NC(=O)CCN2C(=O)NC(C)(C)C2=O)c1OC(F)F. The van der Waals surface area contributed by atoms with Crippen molar-refractivity contribution < 1.29 is 32.6 Å². The Labute approximate surface area is 166 Å². The van der Waals surface area contributed by atoms with E-state index in [-0.39, 0.29) is 36.6 Å². The van der Waals surface area contributed by atoms with Crippen LogP contribution < -0.4 is 20.2 Å². The molecule has 1 fully saturated rings. The lowest BCUT2D eigenvalue weighted by atomic mass is 10.1. The Bertz CT molecular complexity index is 813. The molecule has 0 aliphatic carbocycles. The second-order valence-electron chi connectivity index (χ2n) is 6.54. The van der Waals surface area contributed by atoms with Crippen LogP contribution in [0.2, 0.25) is 0 Å². The molecule has 0 saturated carbocycles. The average Bonchev–Trinajstić information content (AvgIpc) is 2.82. The topological polar surface area (TPSA) is 109 Å². The second kappa shape index (κ2) is 9.30. The molecule has 1 aliphatic heterocycles. The summed E-state index contributed by atoms with van der Waals surface area (Å²) in [4.78, 5) is 36.7. The minimum Gasteiger partial charge on any atom is -0.490 e. The lowest BCUT2D eigenvalue weighted by Gasteiger charge is -2.15. The van der Waals surface area contributed by atoms with E-state index in [0.717, 1.165) is 11.1 Å². The molecule has 0 bridgehead atoms. The van der Waals surface area contributed by atoms with Crippen LogP contribution >= 0.6 is 0 Å². The maximum Gasteiger partial charge on any atom is 0.387 e. The van der Waals surface area contributed by atoms with Gasteiger partial charge in [0.15, 0.2) is 11.5 Å². The number of para-hydroxylation sites is 1. The molecule has 0 atom stereocenters. The van der Waals surface area contributed by atoms with Crippen molar-refractivity contribution in [2.45, 2.75) is 39.3 Å². The Hall–Kier alpha value is -3.24. The van der Waals surface area contributed by atoms with Crippen molar-refractivity contribution in [3.05, 3.63) is 23.8 Å². The van der Waals surface area contributed by atoms with Gasteiger partial charge in [-0.3, -0.25) is 14.5 Å². The summed E-state index contributed by atoms with van der Waals surface area (Å²) >= 11 is 0. The van der Waals surface area contributed by atoms with Gasteiger partial charge in [-0.1, -0.05) is 6.07 Å². The fourth-order valence-electron chi connectivity index (χ4n) is 2.58. The summed E-state index contributed by atoms with van der Waals surface area (Å²) in [7, 11) is 0. The van der Waals surface area contributed by atoms with Crippen molar-refractivity contribution in [1.82, 2.24) is 15.6 Å². The summed E-state index contributed by atoms with van der Waals surface area (Å²) in [6, 6.07) is 3.92. The Morgan fingerprint density at radius 1 is 1.38 bits per heavy atom. The first kappa shape index (κ1) is 22.1. The number of imide groups is 1. The van der Waals surface area contributed by atoms with E-state index in [1.807, 2.05) is 0 Å². The number of hydrogen-bond acceptors (Lipinski definition) is 6. The molecule has 0 radical (unpaired) electrons. The third-order valence-corrected chi connectivity index (χ3v) is 3.92. The predicted molar refractivity (Wildman–Crippen MR) is 98.9 cm³/mol. The van der Waals surface area contributed by atoms with Crippen molar-refractivity contribution in [2.24, 2.45) is 5.10 Å². The predicted octanol–water partition coefficient (Wildman–Crippen LogP) is 1.86. The number of carbonyl (C=O) groups is 3. The zero-order valence-corrected chi connectivity index (χ0v) is 16.2. The van der Waals surface area contributed by atoms with Crippen LogP contribution in [-0.4, -0.2) is 54.3 Å². The average molecular weight is 412 g/mol. The summed E-state index contributed by atoms with van der Waals surface area (Å²) in [5, 5.41) is 6.22. The van der Waals surface area contributed by atoms with Crippen LogP contribution in [0, 0.1) is 0 Å². The van der Waals surface area contributed by atoms with Crippen LogP contribution in [-0.2, 0) is 9.59 Å². The van der Waals surface area contributed by atoms with Gasteiger partial charge in [-0.15, -0.1) is 0 Å². The highest BCUT2D eigenvalue weighted by Crippen LogP contribution is 2.31. The van der Waals surface area contributed by atoms with Gasteiger partial charge in [0.2, 0.25) is 5.91 Å². The van der Waals surface area contributed by atoms with Gasteiger partial charge in [-0.05, 0) is 32.9 Å². The van der Waals surface area contributed by atoms with Crippen molar-refractivity contribution >= 4 is 24.1 Å². The molecule has 158 valence electrons. The minimum absolute atomic E-state index is 0.115. The molecule has 2 N–H and O–H groups in total. The smallest absolute Gasteiger partial charge is 0.387 e. The Morgan fingerprint density at radius 2 is 2.10 bits per heavy atom. The van der Waals surface area contributed by atoms with E-state index in [4.69, 9.17) is 4.74 Å². The summed E-state index contributed by atoms with van der Waals surface area (Å²) < 4.78 is 35.1.